The number of rotatable bonds is 15. The summed E-state index contributed by atoms with van der Waals surface area (Å²) in [6, 6.07) is 19.9. The van der Waals surface area contributed by atoms with Gasteiger partial charge in [-0.05, 0) is 123 Å². The third-order valence-electron chi connectivity index (χ3n) is 18.8. The largest absolute Gasteiger partial charge is 0.497 e. The molecule has 8 bridgehead atoms. The first kappa shape index (κ1) is 73.5. The fraction of sp³-hybridized carbons (Fsp3) is 0.486. The molecular weight excluding hydrogens is 1280 g/mol. The van der Waals surface area contributed by atoms with Gasteiger partial charge in [0.1, 0.15) is 53.9 Å². The Hall–Kier alpha value is -9.76. The van der Waals surface area contributed by atoms with Crippen molar-refractivity contribution in [1.29, 1.82) is 0 Å². The second kappa shape index (κ2) is 34.6. The lowest BCUT2D eigenvalue weighted by Gasteiger charge is -2.36. The Morgan fingerprint density at radius 3 is 2.25 bits per heavy atom. The molecule has 0 aliphatic carbocycles. The third kappa shape index (κ3) is 19.8. The van der Waals surface area contributed by atoms with E-state index in [0.717, 1.165) is 16.7 Å². The summed E-state index contributed by atoms with van der Waals surface area (Å²) in [5, 5.41) is 32.5. The zero-order chi connectivity index (χ0) is 70.8. The molecule has 4 aromatic carbocycles. The van der Waals surface area contributed by atoms with Crippen LogP contribution in [0, 0.1) is 5.82 Å². The van der Waals surface area contributed by atoms with Crippen molar-refractivity contribution in [2.24, 2.45) is 0 Å². The summed E-state index contributed by atoms with van der Waals surface area (Å²) >= 11 is 0. The number of methoxy groups -OCH3 is 1. The van der Waals surface area contributed by atoms with Crippen LogP contribution in [0.2, 0.25) is 0 Å². The number of nitrogens with zero attached hydrogens (tertiary/aromatic N) is 4. The smallest absolute Gasteiger partial charge is 0.246 e. The van der Waals surface area contributed by atoms with Crippen molar-refractivity contribution in [1.82, 2.24) is 61.8 Å². The molecule has 11 amide bonds. The Labute approximate surface area is 574 Å². The van der Waals surface area contributed by atoms with Crippen LogP contribution in [0.15, 0.2) is 97.2 Å². The quantitative estimate of drug-likeness (QED) is 0.0678. The van der Waals surface area contributed by atoms with Gasteiger partial charge in [-0.1, -0.05) is 73.5 Å². The highest BCUT2D eigenvalue weighted by atomic mass is 19.1. The molecular formula is C72H91FN12O14. The average Bonchev–Trinajstić information content (AvgIpc) is 1.67. The van der Waals surface area contributed by atoms with Gasteiger partial charge in [0, 0.05) is 102 Å². The lowest BCUT2D eigenvalue weighted by atomic mass is 9.95. The van der Waals surface area contributed by atoms with E-state index in [4.69, 9.17) is 9.47 Å². The third-order valence-corrected chi connectivity index (χ3v) is 18.8. The number of hydrogen-bond acceptors (Lipinski definition) is 14. The molecule has 26 nitrogen and oxygen atoms in total. The van der Waals surface area contributed by atoms with E-state index in [-0.39, 0.29) is 89.0 Å². The second-order valence-electron chi connectivity index (χ2n) is 26.2. The molecule has 1 aromatic heterocycles. The molecule has 2 saturated heterocycles. The van der Waals surface area contributed by atoms with E-state index in [9.17, 15) is 53.1 Å². The molecule has 2 fully saturated rings. The van der Waals surface area contributed by atoms with Gasteiger partial charge < -0.3 is 76.4 Å². The van der Waals surface area contributed by atoms with Crippen molar-refractivity contribution < 1.29 is 71.7 Å². The number of nitrogens with one attached hydrogen (secondary N) is 8. The van der Waals surface area contributed by atoms with E-state index in [1.54, 1.807) is 72.5 Å². The van der Waals surface area contributed by atoms with Crippen molar-refractivity contribution >= 4 is 76.4 Å². The van der Waals surface area contributed by atoms with Crippen molar-refractivity contribution in [2.45, 2.75) is 172 Å². The maximum Gasteiger partial charge on any atom is 0.246 e. The minimum atomic E-state index is -1.45. The number of carbonyl (C=O) groups excluding carboxylic acids is 11. The predicted octanol–water partition coefficient (Wildman–Crippen LogP) is 2.06. The summed E-state index contributed by atoms with van der Waals surface area (Å²) in [5.74, 6) is -5.69. The number of ether oxygens (including phenoxy) is 2. The molecule has 99 heavy (non-hydrogen) atoms. The Morgan fingerprint density at radius 1 is 0.768 bits per heavy atom. The summed E-state index contributed by atoms with van der Waals surface area (Å²) in [7, 11) is 1.56. The fourth-order valence-corrected chi connectivity index (χ4v) is 13.3. The van der Waals surface area contributed by atoms with Gasteiger partial charge in [-0.2, -0.15) is 0 Å². The lowest BCUT2D eigenvalue weighted by Crippen LogP contribution is -2.59. The molecule has 4 aliphatic rings. The summed E-state index contributed by atoms with van der Waals surface area (Å²) in [6.07, 6.45) is 4.04. The lowest BCUT2D eigenvalue weighted by molar-refractivity contribution is -0.145. The van der Waals surface area contributed by atoms with E-state index in [1.807, 2.05) is 41.0 Å². The van der Waals surface area contributed by atoms with Gasteiger partial charge in [-0.25, -0.2) is 4.39 Å². The van der Waals surface area contributed by atoms with Crippen LogP contribution in [0.5, 0.6) is 5.75 Å². The van der Waals surface area contributed by atoms with Gasteiger partial charge in [0.25, 0.3) is 0 Å². The number of likely N-dealkylation sites (tertiary alicyclic amines) is 1. The highest BCUT2D eigenvalue weighted by Gasteiger charge is 2.48. The van der Waals surface area contributed by atoms with E-state index in [1.165, 1.54) is 30.9 Å². The first-order valence-electron chi connectivity index (χ1n) is 34.0. The molecule has 0 radical (unpaired) electrons. The van der Waals surface area contributed by atoms with Gasteiger partial charge in [-0.3, -0.25) is 52.7 Å². The van der Waals surface area contributed by atoms with Crippen molar-refractivity contribution in [3.8, 4) is 5.75 Å². The Balaban J connectivity index is 0.909. The zero-order valence-electron chi connectivity index (χ0n) is 56.5. The maximum absolute atomic E-state index is 15.4. The number of halogens is 1. The molecule has 8 atom stereocenters. The number of aryl methyl sites for hydroxylation is 1. The standard InChI is InChI=1S/C72H91FN12O14/c1-45(87)38-76-68(94)65-60-26-32-84(65)69(95)58-36-52-42-82(59-22-19-53(73)37-55(52)59)29-7-5-6-8-30-83(41-49-15-13-47(14-16-49)25-28-74-71(97)72(3)27-10-31-85(72)70(96)57(78-44-86)34-48-17-20-54(98-4)21-18-48)64(91)24-23-61(88)79-46(2)66(92)77-40-62(89)80-56(67(93)81-58)35-50-11-9-12-51(33-50)39-75-63(90)43-99-60/h9,11-22,33,37,42,44-46,56-58,60,65,87H,5-8,10,23-32,34-36,38-41,43H2,1-4H3,(H,74,97)(H,75,90)(H,76,94)(H,77,92)(H,78,86)(H,79,88)(H,80,89)(H,81,93)/t45-,46+,56+,57+,58+,60+,65?,72+/m1/s1. The SMILES string of the molecule is COc1ccc(C[C@H](NC=O)C(=O)N2CCC[C@@]2(C)C(=O)NCCc2ccc(CN3CCCCCCn4cc(c5cc(F)ccc54)C[C@@H]4NC(=O)[C@H](Cc5cccc(c5)CNC(=O)CO[C@H]5CCN(C4=O)C5C(=O)NC[C@@H](C)O)NC(=O)CNC(=O)[C@H](C)NC(=O)CCC3=O)cc2)cc1. The minimum absolute atomic E-state index is 0.0420. The van der Waals surface area contributed by atoms with E-state index < -0.39 is 108 Å². The number of amides is 11. The van der Waals surface area contributed by atoms with E-state index in [2.05, 4.69) is 42.5 Å². The van der Waals surface area contributed by atoms with Gasteiger partial charge in [-0.15, -0.1) is 0 Å². The molecule has 4 aliphatic heterocycles. The van der Waals surface area contributed by atoms with Gasteiger partial charge >= 0.3 is 0 Å². The number of aliphatic hydroxyl groups is 1. The summed E-state index contributed by atoms with van der Waals surface area (Å²) in [5.41, 5.74) is 3.71. The van der Waals surface area contributed by atoms with Crippen LogP contribution >= 0.6 is 0 Å². The molecule has 1 unspecified atom stereocenters. The number of aromatic nitrogens is 1. The van der Waals surface area contributed by atoms with Crippen LogP contribution in [0.3, 0.4) is 0 Å². The molecule has 27 heteroatoms. The zero-order valence-corrected chi connectivity index (χ0v) is 56.5. The van der Waals surface area contributed by atoms with Gasteiger partial charge in [0.05, 0.1) is 25.9 Å². The maximum atomic E-state index is 15.4. The number of aliphatic hydroxyl groups excluding tert-OH is 1. The van der Waals surface area contributed by atoms with Crippen LogP contribution in [0.1, 0.15) is 112 Å². The van der Waals surface area contributed by atoms with Crippen LogP contribution in [0.4, 0.5) is 4.39 Å². The number of benzene rings is 4. The molecule has 5 aromatic rings. The molecule has 5 heterocycles. The molecule has 530 valence electrons. The monoisotopic (exact) mass is 1370 g/mol. The number of hydrogen-bond donors (Lipinski definition) is 9. The topological polar surface area (TPSA) is 337 Å². The van der Waals surface area contributed by atoms with Gasteiger partial charge in [0.15, 0.2) is 0 Å². The van der Waals surface area contributed by atoms with Crippen LogP contribution in [0.25, 0.3) is 10.9 Å². The Bertz CT molecular complexity index is 3740. The van der Waals surface area contributed by atoms with Crippen LogP contribution in [-0.2, 0) is 103 Å². The minimum Gasteiger partial charge on any atom is -0.497 e. The fourth-order valence-electron chi connectivity index (χ4n) is 13.3. The average molecular weight is 1370 g/mol. The molecule has 9 N–H and O–H groups in total. The van der Waals surface area contributed by atoms with Crippen LogP contribution < -0.4 is 47.3 Å². The predicted molar refractivity (Wildman–Crippen MR) is 362 cm³/mol. The Kier molecular flexibility index (Phi) is 25.7. The summed E-state index contributed by atoms with van der Waals surface area (Å²) < 4.78 is 28.7. The first-order valence-corrected chi connectivity index (χ1v) is 34.0. The molecule has 0 saturated carbocycles. The molecule has 0 spiro atoms. The molecule has 9 rings (SSSR count). The highest BCUT2D eigenvalue weighted by Crippen LogP contribution is 2.32. The van der Waals surface area contributed by atoms with E-state index in [0.29, 0.717) is 104 Å². The normalized spacial score (nSPS) is 22.8. The number of carbonyl (C=O) groups is 11. The Morgan fingerprint density at radius 2 is 1.51 bits per heavy atom. The summed E-state index contributed by atoms with van der Waals surface area (Å²) in [6.45, 7) is 5.01. The summed E-state index contributed by atoms with van der Waals surface area (Å²) in [4.78, 5) is 157. The van der Waals surface area contributed by atoms with Crippen molar-refractivity contribution in [3.05, 3.63) is 136 Å². The van der Waals surface area contributed by atoms with Crippen LogP contribution in [-0.4, -0.2) is 191 Å². The van der Waals surface area contributed by atoms with Gasteiger partial charge in [0.2, 0.25) is 65.5 Å². The van der Waals surface area contributed by atoms with E-state index >= 15 is 9.18 Å². The van der Waals surface area contributed by atoms with Crippen molar-refractivity contribution in [2.75, 3.05) is 53.0 Å². The second-order valence-corrected chi connectivity index (χ2v) is 26.2. The highest BCUT2D eigenvalue weighted by molar-refractivity contribution is 5.98. The first-order chi connectivity index (χ1) is 47.6. The number of fused-ring (bicyclic) bond motifs is 12. The van der Waals surface area contributed by atoms with Crippen molar-refractivity contribution in [3.63, 3.8) is 0 Å².